The molecule has 0 aromatic carbocycles. The third-order valence-corrected chi connectivity index (χ3v) is 5.87. The van der Waals surface area contributed by atoms with Gasteiger partial charge in [-0.1, -0.05) is 11.6 Å². The van der Waals surface area contributed by atoms with E-state index in [1.807, 2.05) is 6.07 Å². The van der Waals surface area contributed by atoms with Crippen LogP contribution in [-0.4, -0.2) is 32.8 Å². The van der Waals surface area contributed by atoms with Gasteiger partial charge in [-0.3, -0.25) is 14.4 Å². The molecule has 4 aromatic rings. The molecule has 0 fully saturated rings. The minimum Gasteiger partial charge on any atom is -0.472 e. The highest BCUT2D eigenvalue weighted by molar-refractivity contribution is 7.16. The summed E-state index contributed by atoms with van der Waals surface area (Å²) in [4.78, 5) is 38.8. The van der Waals surface area contributed by atoms with E-state index in [0.29, 0.717) is 22.3 Å². The van der Waals surface area contributed by atoms with E-state index < -0.39 is 17.4 Å². The van der Waals surface area contributed by atoms with E-state index in [1.165, 1.54) is 45.4 Å². The van der Waals surface area contributed by atoms with Gasteiger partial charge in [-0.15, -0.1) is 11.3 Å². The first-order chi connectivity index (χ1) is 16.0. The van der Waals surface area contributed by atoms with E-state index in [0.717, 1.165) is 4.88 Å². The van der Waals surface area contributed by atoms with E-state index in [9.17, 15) is 14.4 Å². The summed E-state index contributed by atoms with van der Waals surface area (Å²) in [7, 11) is 0. The van der Waals surface area contributed by atoms with Gasteiger partial charge in [0.2, 0.25) is 0 Å². The molecule has 4 aromatic heterocycles. The SMILES string of the molecule is CCOC(=O)Cn1cccc(-c2cc(NCc3ccc(Cl)s3)n(C(=O)c3ccoc3)n2)c1=O. The summed E-state index contributed by atoms with van der Waals surface area (Å²) in [6, 6.07) is 10.0. The molecule has 0 bridgehead atoms. The Kier molecular flexibility index (Phi) is 6.76. The first-order valence-electron chi connectivity index (χ1n) is 9.96. The fourth-order valence-corrected chi connectivity index (χ4v) is 4.16. The van der Waals surface area contributed by atoms with Crippen LogP contribution >= 0.6 is 22.9 Å². The Hall–Kier alpha value is -3.63. The summed E-state index contributed by atoms with van der Waals surface area (Å²) in [6.07, 6.45) is 4.21. The zero-order chi connectivity index (χ0) is 23.4. The fraction of sp³-hybridized carbons (Fsp3) is 0.182. The lowest BCUT2D eigenvalue weighted by Crippen LogP contribution is -2.26. The second kappa shape index (κ2) is 9.88. The second-order valence-corrected chi connectivity index (χ2v) is 8.66. The summed E-state index contributed by atoms with van der Waals surface area (Å²) in [5, 5.41) is 7.56. The Balaban J connectivity index is 1.69. The van der Waals surface area contributed by atoms with Crippen LogP contribution in [0.25, 0.3) is 11.3 Å². The van der Waals surface area contributed by atoms with E-state index in [1.54, 1.807) is 31.2 Å². The lowest BCUT2D eigenvalue weighted by atomic mass is 10.2. The van der Waals surface area contributed by atoms with E-state index >= 15 is 0 Å². The lowest BCUT2D eigenvalue weighted by molar-refractivity contribution is -0.143. The number of furan rings is 1. The van der Waals surface area contributed by atoms with Gasteiger partial charge >= 0.3 is 5.97 Å². The molecule has 0 aliphatic rings. The molecule has 4 heterocycles. The third-order valence-electron chi connectivity index (χ3n) is 4.64. The number of hydrogen-bond acceptors (Lipinski definition) is 8. The molecule has 33 heavy (non-hydrogen) atoms. The molecule has 9 nitrogen and oxygen atoms in total. The Morgan fingerprint density at radius 3 is 2.82 bits per heavy atom. The largest absolute Gasteiger partial charge is 0.472 e. The lowest BCUT2D eigenvalue weighted by Gasteiger charge is -2.06. The van der Waals surface area contributed by atoms with Crippen molar-refractivity contribution in [3.63, 3.8) is 0 Å². The maximum absolute atomic E-state index is 13.0. The highest BCUT2D eigenvalue weighted by atomic mass is 35.5. The number of carbonyl (C=O) groups excluding carboxylic acids is 2. The average molecular weight is 487 g/mol. The fourth-order valence-electron chi connectivity index (χ4n) is 3.13. The molecule has 0 saturated carbocycles. The minimum atomic E-state index is -0.519. The van der Waals surface area contributed by atoms with Crippen LogP contribution < -0.4 is 10.9 Å². The highest BCUT2D eigenvalue weighted by Crippen LogP contribution is 2.25. The normalized spacial score (nSPS) is 10.8. The summed E-state index contributed by atoms with van der Waals surface area (Å²) in [5.74, 6) is -0.556. The number of rotatable bonds is 8. The van der Waals surface area contributed by atoms with Crippen molar-refractivity contribution in [1.82, 2.24) is 14.3 Å². The molecule has 0 aliphatic heterocycles. The first-order valence-corrected chi connectivity index (χ1v) is 11.2. The molecule has 0 aliphatic carbocycles. The van der Waals surface area contributed by atoms with Crippen molar-refractivity contribution in [3.05, 3.63) is 80.3 Å². The van der Waals surface area contributed by atoms with Crippen LogP contribution in [-0.2, 0) is 22.6 Å². The highest BCUT2D eigenvalue weighted by Gasteiger charge is 2.20. The van der Waals surface area contributed by atoms with Gasteiger partial charge in [-0.2, -0.15) is 9.78 Å². The molecule has 0 spiro atoms. The maximum atomic E-state index is 13.0. The van der Waals surface area contributed by atoms with Gasteiger partial charge < -0.3 is 19.0 Å². The molecule has 0 amide bonds. The topological polar surface area (TPSA) is 108 Å². The van der Waals surface area contributed by atoms with Gasteiger partial charge in [0.15, 0.2) is 0 Å². The average Bonchev–Trinajstić information content (AvgIpc) is 3.54. The number of aromatic nitrogens is 3. The Bertz CT molecular complexity index is 1340. The zero-order valence-electron chi connectivity index (χ0n) is 17.5. The van der Waals surface area contributed by atoms with Gasteiger partial charge in [-0.25, -0.2) is 0 Å². The molecule has 0 radical (unpaired) electrons. The van der Waals surface area contributed by atoms with E-state index in [2.05, 4.69) is 10.4 Å². The van der Waals surface area contributed by atoms with Crippen LogP contribution in [0.5, 0.6) is 0 Å². The van der Waals surface area contributed by atoms with Crippen molar-refractivity contribution < 1.29 is 18.7 Å². The molecular weight excluding hydrogens is 468 g/mol. The molecule has 4 rings (SSSR count). The van der Waals surface area contributed by atoms with E-state index in [4.69, 9.17) is 20.8 Å². The van der Waals surface area contributed by atoms with Gasteiger partial charge in [-0.05, 0) is 37.3 Å². The predicted molar refractivity (Wildman–Crippen MR) is 124 cm³/mol. The van der Waals surface area contributed by atoms with Crippen molar-refractivity contribution in [3.8, 4) is 11.3 Å². The standard InChI is InChI=1S/C22H19ClN4O5S/c1-2-32-20(28)12-26-8-3-4-16(22(26)30)17-10-19(24-11-15-5-6-18(23)33-15)27(25-17)21(29)14-7-9-31-13-14/h3-10,13,24H,2,11-12H2,1H3. The Morgan fingerprint density at radius 1 is 1.27 bits per heavy atom. The quantitative estimate of drug-likeness (QED) is 0.376. The number of pyridine rings is 1. The van der Waals surface area contributed by atoms with Crippen molar-refractivity contribution >= 4 is 40.6 Å². The van der Waals surface area contributed by atoms with Crippen molar-refractivity contribution in [2.75, 3.05) is 11.9 Å². The van der Waals surface area contributed by atoms with Crippen molar-refractivity contribution in [1.29, 1.82) is 0 Å². The Labute approximate surface area is 197 Å². The Morgan fingerprint density at radius 2 is 2.12 bits per heavy atom. The molecule has 0 atom stereocenters. The number of nitrogens with one attached hydrogen (secondary N) is 1. The minimum absolute atomic E-state index is 0.221. The summed E-state index contributed by atoms with van der Waals surface area (Å²) >= 11 is 7.41. The summed E-state index contributed by atoms with van der Waals surface area (Å²) in [5.41, 5.74) is 0.395. The van der Waals surface area contributed by atoms with E-state index in [-0.39, 0.29) is 24.4 Å². The van der Waals surface area contributed by atoms with Crippen LogP contribution in [0.15, 0.2) is 64.3 Å². The monoisotopic (exact) mass is 486 g/mol. The van der Waals surface area contributed by atoms with Crippen LogP contribution in [0, 0.1) is 0 Å². The number of halogens is 1. The number of ether oxygens (including phenoxy) is 1. The number of hydrogen-bond donors (Lipinski definition) is 1. The molecule has 0 unspecified atom stereocenters. The number of nitrogens with zero attached hydrogens (tertiary/aromatic N) is 3. The number of anilines is 1. The van der Waals surface area contributed by atoms with Crippen LogP contribution in [0.4, 0.5) is 5.82 Å². The maximum Gasteiger partial charge on any atom is 0.326 e. The molecule has 0 saturated heterocycles. The molecular formula is C22H19ClN4O5S. The van der Waals surface area contributed by atoms with Gasteiger partial charge in [0.1, 0.15) is 24.3 Å². The second-order valence-electron chi connectivity index (χ2n) is 6.86. The van der Waals surface area contributed by atoms with Crippen LogP contribution in [0.1, 0.15) is 22.2 Å². The first kappa shape index (κ1) is 22.6. The zero-order valence-corrected chi connectivity index (χ0v) is 19.1. The van der Waals surface area contributed by atoms with Crippen molar-refractivity contribution in [2.24, 2.45) is 0 Å². The van der Waals surface area contributed by atoms with Crippen molar-refractivity contribution in [2.45, 2.75) is 20.0 Å². The van der Waals surface area contributed by atoms with Crippen LogP contribution in [0.3, 0.4) is 0 Å². The third kappa shape index (κ3) is 5.07. The van der Waals surface area contributed by atoms with Gasteiger partial charge in [0.25, 0.3) is 11.5 Å². The molecule has 11 heteroatoms. The molecule has 1 N–H and O–H groups in total. The molecule has 170 valence electrons. The number of carbonyl (C=O) groups is 2. The van der Waals surface area contributed by atoms with Gasteiger partial charge in [0, 0.05) is 17.1 Å². The number of thiophene rings is 1. The van der Waals surface area contributed by atoms with Crippen LogP contribution in [0.2, 0.25) is 4.34 Å². The smallest absolute Gasteiger partial charge is 0.326 e. The van der Waals surface area contributed by atoms with Gasteiger partial charge in [0.05, 0.1) is 34.9 Å². The predicted octanol–water partition coefficient (Wildman–Crippen LogP) is 3.88. The summed E-state index contributed by atoms with van der Waals surface area (Å²) < 4.78 is 13.0. The summed E-state index contributed by atoms with van der Waals surface area (Å²) in [6.45, 7) is 2.10. The number of esters is 1.